The van der Waals surface area contributed by atoms with Gasteiger partial charge in [0, 0.05) is 25.2 Å². The highest BCUT2D eigenvalue weighted by atomic mass is 19.1. The van der Waals surface area contributed by atoms with Crippen LogP contribution in [0.3, 0.4) is 0 Å². The monoisotopic (exact) mass is 462 g/mol. The van der Waals surface area contributed by atoms with Crippen molar-refractivity contribution in [3.05, 3.63) is 76.9 Å². The molecule has 0 saturated carbocycles. The van der Waals surface area contributed by atoms with E-state index in [9.17, 15) is 13.6 Å². The van der Waals surface area contributed by atoms with Crippen LogP contribution in [0.4, 0.5) is 20.2 Å². The third-order valence-electron chi connectivity index (χ3n) is 6.73. The number of nitrogens with one attached hydrogen (secondary N) is 1. The van der Waals surface area contributed by atoms with E-state index in [1.165, 1.54) is 30.2 Å². The van der Waals surface area contributed by atoms with Crippen molar-refractivity contribution in [3.63, 3.8) is 0 Å². The Morgan fingerprint density at radius 3 is 2.85 bits per heavy atom. The molecule has 0 aromatic carbocycles. The Balaban J connectivity index is 1.46. The zero-order valence-electron chi connectivity index (χ0n) is 19.3. The number of allylic oxidation sites excluding steroid dienone is 6. The van der Waals surface area contributed by atoms with Crippen LogP contribution < -0.4 is 10.2 Å². The number of amides is 1. The maximum absolute atomic E-state index is 14.6. The first kappa shape index (κ1) is 22.4. The number of rotatable bonds is 4. The molecule has 1 amide bonds. The van der Waals surface area contributed by atoms with Gasteiger partial charge < -0.3 is 10.2 Å². The summed E-state index contributed by atoms with van der Waals surface area (Å²) in [4.78, 5) is 24.5. The summed E-state index contributed by atoms with van der Waals surface area (Å²) in [5.74, 6) is -0.831. The number of aromatic nitrogens is 2. The van der Waals surface area contributed by atoms with Crippen molar-refractivity contribution < 1.29 is 13.6 Å². The third-order valence-corrected chi connectivity index (χ3v) is 6.73. The standard InChI is InChI=1S/C27H28F2N4O/c1-17-6-5-13-33(16-17)26-20-9-4-10-22(20)30-15-24(26)32-27(34)23-12-11-21(29)25(31-23)18-7-2-3-8-19(28)14-18/h2-3,7-8,11-12,15,17H,4-6,9-10,13-14,16H2,1H3,(H,32,34)/t17-/m1/s1. The molecule has 1 fully saturated rings. The first-order chi connectivity index (χ1) is 16.5. The Morgan fingerprint density at radius 2 is 2.00 bits per heavy atom. The zero-order chi connectivity index (χ0) is 23.7. The molecule has 1 N–H and O–H groups in total. The van der Waals surface area contributed by atoms with Gasteiger partial charge in [-0.15, -0.1) is 0 Å². The van der Waals surface area contributed by atoms with E-state index in [-0.39, 0.29) is 23.6 Å². The number of carbonyl (C=O) groups is 1. The van der Waals surface area contributed by atoms with Gasteiger partial charge in [0.15, 0.2) is 0 Å². The summed E-state index contributed by atoms with van der Waals surface area (Å²) in [6.07, 6.45) is 13.1. The topological polar surface area (TPSA) is 58.1 Å². The molecule has 2 aromatic rings. The molecular formula is C27H28F2N4O. The molecule has 3 aliphatic rings. The largest absolute Gasteiger partial charge is 0.369 e. The summed E-state index contributed by atoms with van der Waals surface area (Å²) in [6, 6.07) is 2.57. The first-order valence-corrected chi connectivity index (χ1v) is 12.0. The second-order valence-electron chi connectivity index (χ2n) is 9.34. The van der Waals surface area contributed by atoms with E-state index in [0.717, 1.165) is 50.2 Å². The van der Waals surface area contributed by atoms with Crippen LogP contribution in [0.1, 0.15) is 60.0 Å². The second kappa shape index (κ2) is 9.49. The van der Waals surface area contributed by atoms with Crippen molar-refractivity contribution in [2.45, 2.75) is 45.4 Å². The van der Waals surface area contributed by atoms with Crippen LogP contribution >= 0.6 is 0 Å². The number of aryl methyl sites for hydroxylation is 1. The van der Waals surface area contributed by atoms with Crippen LogP contribution in [0.15, 0.2) is 48.5 Å². The molecule has 0 radical (unpaired) electrons. The van der Waals surface area contributed by atoms with Crippen LogP contribution in [0, 0.1) is 11.7 Å². The summed E-state index contributed by atoms with van der Waals surface area (Å²) in [5, 5.41) is 2.99. The molecule has 0 unspecified atom stereocenters. The van der Waals surface area contributed by atoms with E-state index in [2.05, 4.69) is 27.1 Å². The number of hydrogen-bond donors (Lipinski definition) is 1. The Kier molecular flexibility index (Phi) is 6.26. The highest BCUT2D eigenvalue weighted by Gasteiger charge is 2.27. The van der Waals surface area contributed by atoms with Gasteiger partial charge >= 0.3 is 0 Å². The molecule has 2 aliphatic carbocycles. The van der Waals surface area contributed by atoms with Crippen molar-refractivity contribution in [1.29, 1.82) is 0 Å². The van der Waals surface area contributed by atoms with E-state index in [0.29, 0.717) is 17.2 Å². The Labute approximate surface area is 198 Å². The second-order valence-corrected chi connectivity index (χ2v) is 9.34. The van der Waals surface area contributed by atoms with Crippen molar-refractivity contribution in [2.75, 3.05) is 23.3 Å². The maximum Gasteiger partial charge on any atom is 0.274 e. The molecule has 0 spiro atoms. The smallest absolute Gasteiger partial charge is 0.274 e. The van der Waals surface area contributed by atoms with E-state index in [4.69, 9.17) is 0 Å². The van der Waals surface area contributed by atoms with Crippen LogP contribution in [-0.2, 0) is 12.8 Å². The van der Waals surface area contributed by atoms with E-state index >= 15 is 0 Å². The van der Waals surface area contributed by atoms with Gasteiger partial charge in [-0.2, -0.15) is 0 Å². The van der Waals surface area contributed by atoms with Gasteiger partial charge in [-0.05, 0) is 67.4 Å². The van der Waals surface area contributed by atoms with Gasteiger partial charge in [0.1, 0.15) is 23.0 Å². The highest BCUT2D eigenvalue weighted by Crippen LogP contribution is 2.38. The van der Waals surface area contributed by atoms with Crippen LogP contribution in [0.25, 0.3) is 5.57 Å². The van der Waals surface area contributed by atoms with E-state index in [1.54, 1.807) is 24.4 Å². The fraction of sp³-hybridized carbons (Fsp3) is 0.370. The average molecular weight is 463 g/mol. The fourth-order valence-electron chi connectivity index (χ4n) is 5.11. The van der Waals surface area contributed by atoms with Crippen molar-refractivity contribution in [3.8, 4) is 0 Å². The van der Waals surface area contributed by atoms with Gasteiger partial charge in [-0.3, -0.25) is 9.78 Å². The lowest BCUT2D eigenvalue weighted by Gasteiger charge is -2.35. The SMILES string of the molecule is C[C@@H]1CCCN(c2c(NC(=O)c3ccc(F)c(C4=CC=CC=C(F)C4)n3)cnc3c2CCC3)C1. The fourth-order valence-corrected chi connectivity index (χ4v) is 5.11. The molecule has 2 aromatic heterocycles. The summed E-state index contributed by atoms with van der Waals surface area (Å²) < 4.78 is 28.5. The van der Waals surface area contributed by atoms with E-state index < -0.39 is 11.7 Å². The van der Waals surface area contributed by atoms with Crippen molar-refractivity contribution >= 4 is 22.9 Å². The van der Waals surface area contributed by atoms with Gasteiger partial charge in [-0.25, -0.2) is 13.8 Å². The molecule has 5 nitrogen and oxygen atoms in total. The molecular weight excluding hydrogens is 434 g/mol. The molecule has 34 heavy (non-hydrogen) atoms. The highest BCUT2D eigenvalue weighted by molar-refractivity contribution is 6.05. The molecule has 1 aliphatic heterocycles. The molecule has 3 heterocycles. The Morgan fingerprint density at radius 1 is 1.15 bits per heavy atom. The quantitative estimate of drug-likeness (QED) is 0.625. The van der Waals surface area contributed by atoms with Gasteiger partial charge in [0.25, 0.3) is 5.91 Å². The molecule has 7 heteroatoms. The number of fused-ring (bicyclic) bond motifs is 1. The molecule has 5 rings (SSSR count). The van der Waals surface area contributed by atoms with Gasteiger partial charge in [-0.1, -0.05) is 25.2 Å². The summed E-state index contributed by atoms with van der Waals surface area (Å²) in [6.45, 7) is 4.15. The molecule has 176 valence electrons. The molecule has 0 bridgehead atoms. The average Bonchev–Trinajstić information content (AvgIpc) is 3.19. The van der Waals surface area contributed by atoms with Crippen LogP contribution in [0.2, 0.25) is 0 Å². The van der Waals surface area contributed by atoms with Crippen molar-refractivity contribution in [2.24, 2.45) is 5.92 Å². The lowest BCUT2D eigenvalue weighted by atomic mass is 9.98. The Bertz CT molecular complexity index is 1220. The number of halogens is 2. The molecule has 1 atom stereocenters. The number of nitrogens with zero attached hydrogens (tertiary/aromatic N) is 3. The van der Waals surface area contributed by atoms with E-state index in [1.807, 2.05) is 0 Å². The lowest BCUT2D eigenvalue weighted by Crippen LogP contribution is -2.35. The third kappa shape index (κ3) is 4.52. The first-order valence-electron chi connectivity index (χ1n) is 12.0. The molecule has 1 saturated heterocycles. The predicted octanol–water partition coefficient (Wildman–Crippen LogP) is 5.79. The zero-order valence-corrected chi connectivity index (χ0v) is 19.3. The summed E-state index contributed by atoms with van der Waals surface area (Å²) >= 11 is 0. The minimum absolute atomic E-state index is 0.0140. The number of pyridine rings is 2. The number of anilines is 2. The summed E-state index contributed by atoms with van der Waals surface area (Å²) in [5.41, 5.74) is 4.51. The van der Waals surface area contributed by atoms with Crippen molar-refractivity contribution in [1.82, 2.24) is 9.97 Å². The maximum atomic E-state index is 14.6. The Hall–Kier alpha value is -3.35. The van der Waals surface area contributed by atoms with Gasteiger partial charge in [0.05, 0.1) is 17.6 Å². The van der Waals surface area contributed by atoms with Crippen LogP contribution in [-0.4, -0.2) is 29.0 Å². The number of carbonyl (C=O) groups excluding carboxylic acids is 1. The number of hydrogen-bond acceptors (Lipinski definition) is 4. The number of piperidine rings is 1. The lowest BCUT2D eigenvalue weighted by molar-refractivity contribution is 0.102. The minimum Gasteiger partial charge on any atom is -0.369 e. The summed E-state index contributed by atoms with van der Waals surface area (Å²) in [7, 11) is 0. The van der Waals surface area contributed by atoms with Gasteiger partial charge in [0.2, 0.25) is 0 Å². The normalized spacial score (nSPS) is 19.9. The minimum atomic E-state index is -0.590. The van der Waals surface area contributed by atoms with Crippen LogP contribution in [0.5, 0.6) is 0 Å². The predicted molar refractivity (Wildman–Crippen MR) is 130 cm³/mol.